The van der Waals surface area contributed by atoms with Gasteiger partial charge in [-0.05, 0) is 53.6 Å². The number of para-hydroxylation sites is 5. The lowest BCUT2D eigenvalue weighted by atomic mass is 10.0. The molecule has 0 saturated carbocycles. The maximum Gasteiger partial charge on any atom is 0.238 e. The van der Waals surface area contributed by atoms with Crippen molar-refractivity contribution in [1.29, 1.82) is 0 Å². The molecule has 0 fully saturated rings. The van der Waals surface area contributed by atoms with Crippen LogP contribution in [0.25, 0.3) is 117 Å². The minimum atomic E-state index is 0.545. The Morgan fingerprint density at radius 2 is 0.635 bits per heavy atom. The average Bonchev–Trinajstić information content (AvgIpc) is 4.00. The molecule has 4 aromatic heterocycles. The average molecular weight is 805 g/mol. The van der Waals surface area contributed by atoms with Gasteiger partial charge in [0.05, 0.1) is 38.8 Å². The van der Waals surface area contributed by atoms with E-state index in [0.29, 0.717) is 17.6 Å². The van der Waals surface area contributed by atoms with Gasteiger partial charge in [0.15, 0.2) is 11.6 Å². The molecule has 0 spiro atoms. The molecule has 0 amide bonds. The molecule has 294 valence electrons. The minimum Gasteiger partial charge on any atom is -0.309 e. The van der Waals surface area contributed by atoms with Gasteiger partial charge >= 0.3 is 0 Å². The van der Waals surface area contributed by atoms with Crippen LogP contribution in [-0.4, -0.2) is 28.7 Å². The Labute approximate surface area is 362 Å². The second kappa shape index (κ2) is 14.0. The summed E-state index contributed by atoms with van der Waals surface area (Å²) in [6.07, 6.45) is 0. The first-order chi connectivity index (χ1) is 31.3. The van der Waals surface area contributed by atoms with E-state index in [1.165, 1.54) is 21.5 Å². The molecule has 0 saturated heterocycles. The van der Waals surface area contributed by atoms with E-state index < -0.39 is 0 Å². The Kier molecular flexibility index (Phi) is 7.80. The number of hydrogen-bond donors (Lipinski definition) is 0. The molecular formula is C57H36N6. The fraction of sp³-hybridized carbons (Fsp3) is 0. The summed E-state index contributed by atoms with van der Waals surface area (Å²) in [6, 6.07) is 77.4. The van der Waals surface area contributed by atoms with Crippen LogP contribution in [0.3, 0.4) is 0 Å². The summed E-state index contributed by atoms with van der Waals surface area (Å²) in [5.41, 5.74) is 12.8. The quantitative estimate of drug-likeness (QED) is 0.168. The van der Waals surface area contributed by atoms with Crippen LogP contribution in [0.4, 0.5) is 0 Å². The summed E-state index contributed by atoms with van der Waals surface area (Å²) < 4.78 is 7.11. The third-order valence-electron chi connectivity index (χ3n) is 12.5. The lowest BCUT2D eigenvalue weighted by Crippen LogP contribution is -2.08. The van der Waals surface area contributed by atoms with Crippen molar-refractivity contribution in [2.75, 3.05) is 0 Å². The van der Waals surface area contributed by atoms with Crippen LogP contribution in [0.2, 0.25) is 0 Å². The van der Waals surface area contributed by atoms with Crippen LogP contribution in [0.1, 0.15) is 0 Å². The van der Waals surface area contributed by atoms with Gasteiger partial charge in [0, 0.05) is 49.1 Å². The van der Waals surface area contributed by atoms with Gasteiger partial charge in [-0.1, -0.05) is 176 Å². The van der Waals surface area contributed by atoms with E-state index in [9.17, 15) is 0 Å². The number of fused-ring (bicyclic) bond motifs is 9. The first-order valence-corrected chi connectivity index (χ1v) is 21.3. The SMILES string of the molecule is c1ccc(-c2ccc(-c3nc(-c4ccccc4)nc(-n4c5ccccc5c5cc(-n6c7ccccc7c7ccccc76)cc(-n6c7ccccc7c7ccccc76)c54)n3)cc2)cc1. The molecule has 4 heterocycles. The Balaban J connectivity index is 1.16. The molecule has 0 aliphatic heterocycles. The Morgan fingerprint density at radius 3 is 1.14 bits per heavy atom. The molecule has 0 atom stereocenters. The van der Waals surface area contributed by atoms with Crippen molar-refractivity contribution in [2.45, 2.75) is 0 Å². The smallest absolute Gasteiger partial charge is 0.238 e. The van der Waals surface area contributed by atoms with Gasteiger partial charge in [0.1, 0.15) is 0 Å². The third-order valence-corrected chi connectivity index (χ3v) is 12.5. The van der Waals surface area contributed by atoms with Crippen molar-refractivity contribution in [3.8, 4) is 51.2 Å². The minimum absolute atomic E-state index is 0.545. The predicted octanol–water partition coefficient (Wildman–Crippen LogP) is 14.2. The van der Waals surface area contributed by atoms with Gasteiger partial charge < -0.3 is 9.13 Å². The zero-order chi connectivity index (χ0) is 41.4. The van der Waals surface area contributed by atoms with Crippen molar-refractivity contribution in [3.05, 3.63) is 218 Å². The number of benzene rings is 9. The summed E-state index contributed by atoms with van der Waals surface area (Å²) in [4.78, 5) is 15.9. The predicted molar refractivity (Wildman–Crippen MR) is 259 cm³/mol. The molecule has 6 nitrogen and oxygen atoms in total. The topological polar surface area (TPSA) is 53.5 Å². The summed E-state index contributed by atoms with van der Waals surface area (Å²) in [7, 11) is 0. The standard InChI is InChI=1S/C57H36N6/c1-3-17-37(18-4-1)38-31-33-40(34-32-38)56-58-55(39-19-5-2-6-20-39)59-57(60-56)63-52-30-16-11-25-46(52)47-35-41(61-48-26-12-7-21-42(48)43-22-8-13-27-49(43)61)36-53(54(47)63)62-50-28-14-9-23-44(50)45-24-10-15-29-51(45)62/h1-36H. The third kappa shape index (κ3) is 5.48. The first kappa shape index (κ1) is 35.2. The number of aromatic nitrogens is 6. The molecular weight excluding hydrogens is 769 g/mol. The van der Waals surface area contributed by atoms with E-state index in [0.717, 1.165) is 77.5 Å². The molecule has 0 aliphatic rings. The van der Waals surface area contributed by atoms with Crippen LogP contribution in [-0.2, 0) is 0 Å². The van der Waals surface area contributed by atoms with E-state index in [2.05, 4.69) is 208 Å². The maximum atomic E-state index is 5.40. The zero-order valence-electron chi connectivity index (χ0n) is 34.0. The molecule has 9 aromatic carbocycles. The molecule has 0 unspecified atom stereocenters. The maximum absolute atomic E-state index is 5.40. The molecule has 0 N–H and O–H groups in total. The molecule has 0 radical (unpaired) electrons. The number of rotatable bonds is 6. The molecule has 13 aromatic rings. The summed E-state index contributed by atoms with van der Waals surface area (Å²) in [5, 5.41) is 7.02. The summed E-state index contributed by atoms with van der Waals surface area (Å²) >= 11 is 0. The second-order valence-corrected chi connectivity index (χ2v) is 16.0. The monoisotopic (exact) mass is 804 g/mol. The summed E-state index contributed by atoms with van der Waals surface area (Å²) in [6.45, 7) is 0. The lowest BCUT2D eigenvalue weighted by molar-refractivity contribution is 0.949. The van der Waals surface area contributed by atoms with Gasteiger partial charge in [-0.25, -0.2) is 4.98 Å². The fourth-order valence-electron chi connectivity index (χ4n) is 9.70. The number of hydrogen-bond acceptors (Lipinski definition) is 3. The van der Waals surface area contributed by atoms with Crippen molar-refractivity contribution in [1.82, 2.24) is 28.7 Å². The van der Waals surface area contributed by atoms with Crippen molar-refractivity contribution in [3.63, 3.8) is 0 Å². The van der Waals surface area contributed by atoms with Crippen LogP contribution in [0.15, 0.2) is 218 Å². The van der Waals surface area contributed by atoms with Gasteiger partial charge in [0.25, 0.3) is 0 Å². The Morgan fingerprint density at radius 1 is 0.270 bits per heavy atom. The van der Waals surface area contributed by atoms with Crippen LogP contribution in [0.5, 0.6) is 0 Å². The van der Waals surface area contributed by atoms with E-state index in [-0.39, 0.29) is 0 Å². The van der Waals surface area contributed by atoms with Crippen molar-refractivity contribution in [2.24, 2.45) is 0 Å². The fourth-order valence-corrected chi connectivity index (χ4v) is 9.70. The number of nitrogens with zero attached hydrogens (tertiary/aromatic N) is 6. The van der Waals surface area contributed by atoms with Crippen LogP contribution < -0.4 is 0 Å². The normalized spacial score (nSPS) is 11.8. The van der Waals surface area contributed by atoms with E-state index >= 15 is 0 Å². The Bertz CT molecular complexity index is 3790. The van der Waals surface area contributed by atoms with Crippen LogP contribution >= 0.6 is 0 Å². The highest BCUT2D eigenvalue weighted by atomic mass is 15.2. The van der Waals surface area contributed by atoms with Crippen molar-refractivity contribution >= 4 is 65.4 Å². The van der Waals surface area contributed by atoms with Gasteiger partial charge in [-0.15, -0.1) is 0 Å². The molecule has 6 heteroatoms. The van der Waals surface area contributed by atoms with E-state index in [1.54, 1.807) is 0 Å². The molecule has 63 heavy (non-hydrogen) atoms. The lowest BCUT2D eigenvalue weighted by Gasteiger charge is -2.17. The highest BCUT2D eigenvalue weighted by Gasteiger charge is 2.25. The highest BCUT2D eigenvalue weighted by molar-refractivity contribution is 6.16. The molecule has 0 bridgehead atoms. The molecule has 13 rings (SSSR count). The molecule has 0 aliphatic carbocycles. The van der Waals surface area contributed by atoms with Crippen molar-refractivity contribution < 1.29 is 0 Å². The van der Waals surface area contributed by atoms with Gasteiger partial charge in [-0.2, -0.15) is 9.97 Å². The largest absolute Gasteiger partial charge is 0.309 e. The van der Waals surface area contributed by atoms with Gasteiger partial charge in [0.2, 0.25) is 5.95 Å². The van der Waals surface area contributed by atoms with E-state index in [1.807, 2.05) is 24.3 Å². The van der Waals surface area contributed by atoms with Gasteiger partial charge in [-0.3, -0.25) is 4.57 Å². The van der Waals surface area contributed by atoms with Crippen LogP contribution in [0, 0.1) is 0 Å². The zero-order valence-corrected chi connectivity index (χ0v) is 34.0. The first-order valence-electron chi connectivity index (χ1n) is 21.3. The Hall–Kier alpha value is -8.61. The highest BCUT2D eigenvalue weighted by Crippen LogP contribution is 2.42. The second-order valence-electron chi connectivity index (χ2n) is 16.0. The summed E-state index contributed by atoms with van der Waals surface area (Å²) in [5.74, 6) is 1.75. The van der Waals surface area contributed by atoms with E-state index in [4.69, 9.17) is 15.0 Å².